The van der Waals surface area contributed by atoms with Crippen molar-refractivity contribution in [3.63, 3.8) is 0 Å². The van der Waals surface area contributed by atoms with Gasteiger partial charge in [0.2, 0.25) is 10.0 Å². The van der Waals surface area contributed by atoms with Crippen molar-refractivity contribution in [2.45, 2.75) is 24.9 Å². The Balaban J connectivity index is 1.58. The zero-order valence-corrected chi connectivity index (χ0v) is 23.9. The zero-order valence-electron chi connectivity index (χ0n) is 20.8. The number of carbonyl (C=O) groups is 1. The van der Waals surface area contributed by atoms with Gasteiger partial charge in [0, 0.05) is 27.8 Å². The lowest BCUT2D eigenvalue weighted by Crippen LogP contribution is -2.30. The predicted octanol–water partition coefficient (Wildman–Crippen LogP) is 6.94. The fraction of sp³-hybridized carbons (Fsp3) is 0.103. The van der Waals surface area contributed by atoms with Crippen LogP contribution in [0.15, 0.2) is 104 Å². The molecule has 1 heterocycles. The first-order valence-corrected chi connectivity index (χ1v) is 14.3. The van der Waals surface area contributed by atoms with Crippen LogP contribution in [-0.2, 0) is 27.9 Å². The van der Waals surface area contributed by atoms with E-state index in [0.29, 0.717) is 16.5 Å². The number of carbonyl (C=O) groups excluding carboxylic acids is 1. The van der Waals surface area contributed by atoms with Crippen LogP contribution in [0.4, 0.5) is 5.69 Å². The van der Waals surface area contributed by atoms with E-state index < -0.39 is 15.9 Å². The molecule has 0 bridgehead atoms. The minimum absolute atomic E-state index is 0.0706. The first-order valence-electron chi connectivity index (χ1n) is 11.7. The highest BCUT2D eigenvalue weighted by molar-refractivity contribution is 9.10. The summed E-state index contributed by atoms with van der Waals surface area (Å²) in [7, 11) is -3.89. The molecule has 0 saturated heterocycles. The van der Waals surface area contributed by atoms with E-state index in [1.807, 2.05) is 19.1 Å². The van der Waals surface area contributed by atoms with Crippen LogP contribution >= 0.6 is 27.5 Å². The van der Waals surface area contributed by atoms with E-state index in [2.05, 4.69) is 21.2 Å². The Bertz CT molecular complexity index is 1660. The second-order valence-corrected chi connectivity index (χ2v) is 11.9. The number of nitrogens with one attached hydrogen (secondary N) is 1. The maximum atomic E-state index is 13.6. The molecule has 0 aliphatic heterocycles. The highest BCUT2D eigenvalue weighted by Crippen LogP contribution is 2.24. The first-order chi connectivity index (χ1) is 18.6. The number of amides is 1. The van der Waals surface area contributed by atoms with Crippen LogP contribution in [0.25, 0.3) is 6.08 Å². The Morgan fingerprint density at radius 3 is 2.44 bits per heavy atom. The van der Waals surface area contributed by atoms with Crippen molar-refractivity contribution >= 4 is 55.2 Å². The minimum atomic E-state index is -3.89. The Kier molecular flexibility index (Phi) is 9.04. The summed E-state index contributed by atoms with van der Waals surface area (Å²) in [6.07, 6.45) is 1.31. The third-order valence-corrected chi connectivity index (χ3v) is 8.23. The van der Waals surface area contributed by atoms with E-state index in [0.717, 1.165) is 15.6 Å². The lowest BCUT2D eigenvalue weighted by molar-refractivity contribution is -0.112. The molecule has 0 radical (unpaired) electrons. The zero-order chi connectivity index (χ0) is 28.0. The molecule has 1 aromatic heterocycles. The average Bonchev–Trinajstić information content (AvgIpc) is 3.35. The number of nitriles is 1. The maximum Gasteiger partial charge on any atom is 0.266 e. The fourth-order valence-electron chi connectivity index (χ4n) is 3.67. The molecule has 0 spiro atoms. The van der Waals surface area contributed by atoms with Gasteiger partial charge in [-0.1, -0.05) is 63.4 Å². The number of rotatable bonds is 9. The molecule has 4 aromatic rings. The van der Waals surface area contributed by atoms with Crippen molar-refractivity contribution in [2.24, 2.45) is 0 Å². The lowest BCUT2D eigenvalue weighted by atomic mass is 10.2. The number of aryl methyl sites for hydroxylation is 1. The summed E-state index contributed by atoms with van der Waals surface area (Å²) in [6.45, 7) is 1.89. The summed E-state index contributed by atoms with van der Waals surface area (Å²) in [5.74, 6) is -0.0134. The number of hydrogen-bond donors (Lipinski definition) is 1. The molecule has 3 aromatic carbocycles. The van der Waals surface area contributed by atoms with Crippen molar-refractivity contribution in [3.05, 3.63) is 123 Å². The van der Waals surface area contributed by atoms with Gasteiger partial charge in [-0.15, -0.1) is 0 Å². The molecule has 0 atom stereocenters. The molecule has 4 rings (SSSR count). The van der Waals surface area contributed by atoms with Gasteiger partial charge in [0.1, 0.15) is 23.2 Å². The van der Waals surface area contributed by atoms with E-state index in [1.165, 1.54) is 10.4 Å². The number of benzene rings is 3. The van der Waals surface area contributed by atoms with E-state index >= 15 is 0 Å². The van der Waals surface area contributed by atoms with Crippen LogP contribution in [0.1, 0.15) is 22.6 Å². The monoisotopic (exact) mass is 623 g/mol. The molecule has 39 heavy (non-hydrogen) atoms. The van der Waals surface area contributed by atoms with Crippen molar-refractivity contribution in [3.8, 4) is 6.07 Å². The summed E-state index contributed by atoms with van der Waals surface area (Å²) in [4.78, 5) is 12.8. The van der Waals surface area contributed by atoms with Gasteiger partial charge < -0.3 is 9.73 Å². The number of furan rings is 1. The molecule has 7 nitrogen and oxygen atoms in total. The van der Waals surface area contributed by atoms with Gasteiger partial charge in [-0.2, -0.15) is 9.57 Å². The highest BCUT2D eigenvalue weighted by atomic mass is 79.9. The Morgan fingerprint density at radius 2 is 1.77 bits per heavy atom. The normalized spacial score (nSPS) is 11.8. The largest absolute Gasteiger partial charge is 0.460 e. The molecule has 0 saturated carbocycles. The minimum Gasteiger partial charge on any atom is -0.460 e. The third kappa shape index (κ3) is 7.46. The van der Waals surface area contributed by atoms with E-state index in [-0.39, 0.29) is 29.3 Å². The third-order valence-electron chi connectivity index (χ3n) is 5.68. The van der Waals surface area contributed by atoms with E-state index in [1.54, 1.807) is 78.9 Å². The number of hydrogen-bond acceptors (Lipinski definition) is 5. The molecule has 0 aliphatic rings. The van der Waals surface area contributed by atoms with Crippen molar-refractivity contribution in [2.75, 3.05) is 5.32 Å². The summed E-state index contributed by atoms with van der Waals surface area (Å²) < 4.78 is 35.1. The molecule has 198 valence electrons. The SMILES string of the molecule is Cc1ccc(S(=O)(=O)N(Cc2ccc(Cl)cc2)Cc2ccc(/C=C(/C#N)C(=O)Nc3cccc(Br)c3)o2)cc1. The first kappa shape index (κ1) is 28.3. The van der Waals surface area contributed by atoms with E-state index in [9.17, 15) is 18.5 Å². The van der Waals surface area contributed by atoms with Crippen LogP contribution in [0.2, 0.25) is 5.02 Å². The van der Waals surface area contributed by atoms with Gasteiger partial charge >= 0.3 is 0 Å². The topological polar surface area (TPSA) is 103 Å². The summed E-state index contributed by atoms with van der Waals surface area (Å²) in [5.41, 5.74) is 2.05. The smallest absolute Gasteiger partial charge is 0.266 e. The van der Waals surface area contributed by atoms with Crippen LogP contribution in [0.5, 0.6) is 0 Å². The molecule has 0 unspecified atom stereocenters. The molecule has 10 heteroatoms. The van der Waals surface area contributed by atoms with Crippen molar-refractivity contribution in [1.82, 2.24) is 4.31 Å². The van der Waals surface area contributed by atoms with Gasteiger partial charge in [0.25, 0.3) is 5.91 Å². The molecule has 0 aliphatic carbocycles. The molecular weight excluding hydrogens is 602 g/mol. The van der Waals surface area contributed by atoms with Gasteiger partial charge in [-0.05, 0) is 67.1 Å². The van der Waals surface area contributed by atoms with Gasteiger partial charge in [0.05, 0.1) is 11.4 Å². The van der Waals surface area contributed by atoms with Gasteiger partial charge in [0.15, 0.2) is 0 Å². The molecule has 0 fully saturated rings. The van der Waals surface area contributed by atoms with E-state index in [4.69, 9.17) is 16.0 Å². The van der Waals surface area contributed by atoms with Crippen LogP contribution in [-0.4, -0.2) is 18.6 Å². The maximum absolute atomic E-state index is 13.6. The predicted molar refractivity (Wildman–Crippen MR) is 154 cm³/mol. The molecule has 1 amide bonds. The molecule has 1 N–H and O–H groups in total. The average molecular weight is 625 g/mol. The second-order valence-electron chi connectivity index (χ2n) is 8.65. The van der Waals surface area contributed by atoms with Gasteiger partial charge in [-0.3, -0.25) is 4.79 Å². The standard InChI is InChI=1S/C29H23BrClN3O4S/c1-20-5-13-28(14-6-20)39(36,37)34(18-21-7-9-24(31)10-8-21)19-27-12-11-26(38-27)15-22(17-32)29(35)33-25-4-2-3-23(30)16-25/h2-16H,18-19H2,1H3,(H,33,35)/b22-15-. The second kappa shape index (κ2) is 12.5. The van der Waals surface area contributed by atoms with Crippen molar-refractivity contribution in [1.29, 1.82) is 5.26 Å². The molecular formula is C29H23BrClN3O4S. The lowest BCUT2D eigenvalue weighted by Gasteiger charge is -2.21. The summed E-state index contributed by atoms with van der Waals surface area (Å²) in [5, 5.41) is 12.8. The van der Waals surface area contributed by atoms with Crippen LogP contribution < -0.4 is 5.32 Å². The number of anilines is 1. The fourth-order valence-corrected chi connectivity index (χ4v) is 5.58. The van der Waals surface area contributed by atoms with Gasteiger partial charge in [-0.25, -0.2) is 8.42 Å². The number of sulfonamides is 1. The summed E-state index contributed by atoms with van der Waals surface area (Å²) in [6, 6.07) is 25.6. The Labute approximate surface area is 240 Å². The quantitative estimate of drug-likeness (QED) is 0.161. The van der Waals surface area contributed by atoms with Crippen LogP contribution in [0.3, 0.4) is 0 Å². The van der Waals surface area contributed by atoms with Crippen molar-refractivity contribution < 1.29 is 17.6 Å². The summed E-state index contributed by atoms with van der Waals surface area (Å²) >= 11 is 9.34. The number of nitrogens with zero attached hydrogens (tertiary/aromatic N) is 2. The Hall–Kier alpha value is -3.68. The van der Waals surface area contributed by atoms with Crippen LogP contribution in [0, 0.1) is 18.3 Å². The number of halogens is 2. The Morgan fingerprint density at radius 1 is 1.05 bits per heavy atom. The highest BCUT2D eigenvalue weighted by Gasteiger charge is 2.26.